The summed E-state index contributed by atoms with van der Waals surface area (Å²) < 4.78 is 59.2. The van der Waals surface area contributed by atoms with E-state index in [9.17, 15) is 22.0 Å². The van der Waals surface area contributed by atoms with Crippen LogP contribution in [0.3, 0.4) is 0 Å². The zero-order valence-electron chi connectivity index (χ0n) is 13.5. The number of ether oxygens (including phenoxy) is 1. The number of benzene rings is 2. The van der Waals surface area contributed by atoms with Crippen LogP contribution in [0.15, 0.2) is 41.3 Å². The molecule has 0 bridgehead atoms. The molecule has 0 fully saturated rings. The van der Waals surface area contributed by atoms with Gasteiger partial charge in [0, 0.05) is 16.8 Å². The van der Waals surface area contributed by atoms with E-state index in [4.69, 9.17) is 16.7 Å². The van der Waals surface area contributed by atoms with E-state index in [0.29, 0.717) is 5.02 Å². The van der Waals surface area contributed by atoms with Gasteiger partial charge in [-0.05, 0) is 42.0 Å². The van der Waals surface area contributed by atoms with Crippen LogP contribution < -0.4 is 9.46 Å². The zero-order valence-corrected chi connectivity index (χ0v) is 16.0. The highest BCUT2D eigenvalue weighted by Gasteiger charge is 2.20. The Morgan fingerprint density at radius 1 is 1.22 bits per heavy atom. The molecule has 0 saturated carbocycles. The molecule has 1 atom stereocenters. The van der Waals surface area contributed by atoms with Gasteiger partial charge in [-0.1, -0.05) is 11.6 Å². The smallest absolute Gasteiger partial charge is 0.341 e. The molecule has 0 amide bonds. The van der Waals surface area contributed by atoms with Crippen molar-refractivity contribution in [2.75, 3.05) is 13.2 Å². The lowest BCUT2D eigenvalue weighted by molar-refractivity contribution is -0.139. The van der Waals surface area contributed by atoms with E-state index in [0.717, 1.165) is 12.1 Å². The molecule has 6 nitrogen and oxygen atoms in total. The fraction of sp³-hybridized carbons (Fsp3) is 0.188. The maximum atomic E-state index is 14.0. The van der Waals surface area contributed by atoms with Crippen LogP contribution in [0, 0.1) is 11.6 Å². The number of carbonyl (C=O) groups is 1. The first-order valence-electron chi connectivity index (χ1n) is 7.37. The van der Waals surface area contributed by atoms with E-state index in [1.165, 1.54) is 24.3 Å². The lowest BCUT2D eigenvalue weighted by Crippen LogP contribution is -2.27. The number of carboxylic acids is 1. The first-order chi connectivity index (χ1) is 12.6. The lowest BCUT2D eigenvalue weighted by atomic mass is 10.1. The monoisotopic (exact) mass is 437 g/mol. The average molecular weight is 438 g/mol. The summed E-state index contributed by atoms with van der Waals surface area (Å²) in [6.45, 7) is -1.15. The van der Waals surface area contributed by atoms with E-state index in [2.05, 4.69) is 22.1 Å². The van der Waals surface area contributed by atoms with Crippen LogP contribution in [0.5, 0.6) is 5.75 Å². The van der Waals surface area contributed by atoms with Gasteiger partial charge in [-0.3, -0.25) is 0 Å². The van der Waals surface area contributed by atoms with Crippen LogP contribution in [-0.4, -0.2) is 32.6 Å². The molecule has 0 aliphatic carbocycles. The van der Waals surface area contributed by atoms with Crippen molar-refractivity contribution in [1.29, 1.82) is 0 Å². The van der Waals surface area contributed by atoms with E-state index in [-0.39, 0.29) is 17.0 Å². The summed E-state index contributed by atoms with van der Waals surface area (Å²) in [7, 11) is -3.86. The van der Waals surface area contributed by atoms with Crippen molar-refractivity contribution in [3.8, 4) is 5.75 Å². The number of carboxylic acid groups (broad SMARTS) is 1. The van der Waals surface area contributed by atoms with Crippen molar-refractivity contribution in [2.24, 2.45) is 0 Å². The van der Waals surface area contributed by atoms with Crippen molar-refractivity contribution in [3.05, 3.63) is 58.6 Å². The Morgan fingerprint density at radius 3 is 2.30 bits per heavy atom. The molecule has 27 heavy (non-hydrogen) atoms. The van der Waals surface area contributed by atoms with Crippen LogP contribution in [0.2, 0.25) is 5.02 Å². The quantitative estimate of drug-likeness (QED) is 0.552. The predicted octanol–water partition coefficient (Wildman–Crippen LogP) is 3.03. The van der Waals surface area contributed by atoms with Gasteiger partial charge in [0.1, 0.15) is 0 Å². The predicted molar refractivity (Wildman–Crippen MR) is 97.9 cm³/mol. The SMILES string of the molecule is O=C(O)COc1c(F)cc(C(S)CNS(=O)(=O)c2ccc(Cl)cc2)cc1F. The average Bonchev–Trinajstić information content (AvgIpc) is 2.59. The van der Waals surface area contributed by atoms with E-state index >= 15 is 0 Å². The van der Waals surface area contributed by atoms with Crippen molar-refractivity contribution < 1.29 is 31.8 Å². The summed E-state index contributed by atoms with van der Waals surface area (Å²) in [5.41, 5.74) is 0.0508. The Kier molecular flexibility index (Phi) is 7.04. The van der Waals surface area contributed by atoms with Gasteiger partial charge in [-0.15, -0.1) is 0 Å². The highest BCUT2D eigenvalue weighted by Crippen LogP contribution is 2.29. The second-order valence-corrected chi connectivity index (χ2v) is 8.14. The maximum absolute atomic E-state index is 14.0. The summed E-state index contributed by atoms with van der Waals surface area (Å²) >= 11 is 9.87. The topological polar surface area (TPSA) is 92.7 Å². The normalized spacial score (nSPS) is 12.6. The third-order valence-electron chi connectivity index (χ3n) is 3.34. The molecule has 0 aliphatic heterocycles. The molecule has 0 aliphatic rings. The standard InChI is InChI=1S/C16H14ClF2NO5S2/c17-10-1-3-11(4-2-10)27(23,24)20-7-14(26)9-5-12(18)16(13(19)6-9)25-8-15(21)22/h1-6,14,20,26H,7-8H2,(H,21,22). The fourth-order valence-electron chi connectivity index (χ4n) is 2.05. The van der Waals surface area contributed by atoms with Gasteiger partial charge in [0.05, 0.1) is 4.90 Å². The molecule has 2 aromatic rings. The van der Waals surface area contributed by atoms with Gasteiger partial charge in [0.15, 0.2) is 24.0 Å². The Labute approximate surface area is 164 Å². The lowest BCUT2D eigenvalue weighted by Gasteiger charge is -2.15. The molecule has 2 aromatic carbocycles. The first-order valence-corrected chi connectivity index (χ1v) is 9.74. The molecule has 0 aromatic heterocycles. The Morgan fingerprint density at radius 2 is 1.78 bits per heavy atom. The number of hydrogen-bond acceptors (Lipinski definition) is 5. The Bertz CT molecular complexity index is 915. The molecule has 11 heteroatoms. The number of halogens is 3. The van der Waals surface area contributed by atoms with Crippen molar-refractivity contribution in [3.63, 3.8) is 0 Å². The molecular formula is C16H14ClF2NO5S2. The molecule has 146 valence electrons. The minimum Gasteiger partial charge on any atom is -0.479 e. The molecule has 1 unspecified atom stereocenters. The van der Waals surface area contributed by atoms with E-state index in [1.54, 1.807) is 0 Å². The van der Waals surface area contributed by atoms with E-state index in [1.807, 2.05) is 0 Å². The first kappa shape index (κ1) is 21.4. The van der Waals surface area contributed by atoms with Gasteiger partial charge < -0.3 is 9.84 Å². The summed E-state index contributed by atoms with van der Waals surface area (Å²) in [6, 6.07) is 7.24. The van der Waals surface area contributed by atoms with Crippen LogP contribution in [-0.2, 0) is 14.8 Å². The Hall–Kier alpha value is -1.88. The van der Waals surface area contributed by atoms with Crippen molar-refractivity contribution in [1.82, 2.24) is 4.72 Å². The van der Waals surface area contributed by atoms with Crippen molar-refractivity contribution in [2.45, 2.75) is 10.1 Å². The van der Waals surface area contributed by atoms with E-state index < -0.39 is 45.2 Å². The second kappa shape index (κ2) is 8.87. The summed E-state index contributed by atoms with van der Waals surface area (Å²) in [4.78, 5) is 10.4. The summed E-state index contributed by atoms with van der Waals surface area (Å²) in [5, 5.41) is 8.00. The number of thiol groups is 1. The molecule has 0 spiro atoms. The third-order valence-corrected chi connectivity index (χ3v) is 5.51. The van der Waals surface area contributed by atoms with Crippen LogP contribution in [0.4, 0.5) is 8.78 Å². The van der Waals surface area contributed by atoms with Gasteiger partial charge >= 0.3 is 5.97 Å². The highest BCUT2D eigenvalue weighted by atomic mass is 35.5. The number of rotatable bonds is 8. The zero-order chi connectivity index (χ0) is 20.2. The molecule has 2 rings (SSSR count). The second-order valence-electron chi connectivity index (χ2n) is 5.32. The molecule has 0 heterocycles. The Balaban J connectivity index is 2.10. The minimum atomic E-state index is -3.86. The maximum Gasteiger partial charge on any atom is 0.341 e. The minimum absolute atomic E-state index is 0.0257. The van der Waals surface area contributed by atoms with Gasteiger partial charge in [0.2, 0.25) is 10.0 Å². The molecule has 2 N–H and O–H groups in total. The number of nitrogens with one attached hydrogen (secondary N) is 1. The number of hydrogen-bond donors (Lipinski definition) is 3. The highest BCUT2D eigenvalue weighted by molar-refractivity contribution is 7.89. The van der Waals surface area contributed by atoms with Gasteiger partial charge in [-0.2, -0.15) is 12.6 Å². The molecular weight excluding hydrogens is 424 g/mol. The third kappa shape index (κ3) is 5.80. The number of aliphatic carboxylic acids is 1. The van der Waals surface area contributed by atoms with Gasteiger partial charge in [0.25, 0.3) is 0 Å². The number of sulfonamides is 1. The van der Waals surface area contributed by atoms with Crippen LogP contribution >= 0.6 is 24.2 Å². The largest absolute Gasteiger partial charge is 0.479 e. The van der Waals surface area contributed by atoms with Gasteiger partial charge in [-0.25, -0.2) is 26.7 Å². The molecule has 0 saturated heterocycles. The fourth-order valence-corrected chi connectivity index (χ4v) is 3.58. The summed E-state index contributed by atoms with van der Waals surface area (Å²) in [5.74, 6) is -4.46. The molecule has 0 radical (unpaired) electrons. The van der Waals surface area contributed by atoms with Crippen molar-refractivity contribution >= 4 is 40.2 Å². The van der Waals surface area contributed by atoms with Crippen LogP contribution in [0.25, 0.3) is 0 Å². The van der Waals surface area contributed by atoms with Crippen LogP contribution in [0.1, 0.15) is 10.8 Å². The summed E-state index contributed by atoms with van der Waals surface area (Å²) in [6.07, 6.45) is 0.